The van der Waals surface area contributed by atoms with Crippen molar-refractivity contribution >= 4 is 73.9 Å². The Morgan fingerprint density at radius 3 is 0.348 bits per heavy atom. The Hall–Kier alpha value is -6.63. The molecule has 0 aliphatic rings. The van der Waals surface area contributed by atoms with Gasteiger partial charge in [-0.05, 0) is 21.5 Å². The zero-order chi connectivity index (χ0) is 51.6. The molecule has 0 radical (unpaired) electrons. The fourth-order valence-electron chi connectivity index (χ4n) is 8.59. The van der Waals surface area contributed by atoms with E-state index in [4.69, 9.17) is 0 Å². The lowest BCUT2D eigenvalue weighted by Gasteiger charge is -2.44. The van der Waals surface area contributed by atoms with Crippen LogP contribution in [-0.4, -0.2) is 13.1 Å². The molecule has 0 amide bonds. The number of hydrogen-bond donors (Lipinski definition) is 0. The van der Waals surface area contributed by atoms with E-state index in [9.17, 15) is 17.6 Å². The third kappa shape index (κ3) is 5.79. The average Bonchev–Trinajstić information content (AvgIpc) is 3.31. The zero-order valence-electron chi connectivity index (χ0n) is 31.2. The second-order valence-corrected chi connectivity index (χ2v) is 18.4. The van der Waals surface area contributed by atoms with E-state index in [0.29, 0.717) is 0 Å². The molecule has 8 aromatic carbocycles. The molecule has 0 aliphatic heterocycles. The normalized spacial score (nSPS) is 12.3. The summed E-state index contributed by atoms with van der Waals surface area (Å²) in [6.45, 7) is 0. The summed E-state index contributed by atoms with van der Waals surface area (Å²) in [7, 11) is 0. The summed E-state index contributed by atoms with van der Waals surface area (Å²) in [6, 6.07) is 0. The highest BCUT2D eigenvalue weighted by atomic mass is 27.2. The summed E-state index contributed by atoms with van der Waals surface area (Å²) in [5, 5.41) is -26.7. The first-order chi connectivity index (χ1) is 32.0. The van der Waals surface area contributed by atoms with Crippen molar-refractivity contribution in [1.29, 1.82) is 0 Å². The maximum atomic E-state index is 17.3. The van der Waals surface area contributed by atoms with Crippen molar-refractivity contribution in [1.82, 2.24) is 0 Å². The first kappa shape index (κ1) is 48.8. The van der Waals surface area contributed by atoms with E-state index >= 15 is 105 Å². The first-order valence-electron chi connectivity index (χ1n) is 17.4. The molecule has 0 spiro atoms. The van der Waals surface area contributed by atoms with Crippen molar-refractivity contribution in [2.45, 2.75) is 0 Å². The largest absolute Gasteiger partial charge is 0.286 e. The van der Waals surface area contributed by atoms with Gasteiger partial charge in [0.05, 0.1) is 21.5 Å². The summed E-state index contributed by atoms with van der Waals surface area (Å²) < 4.78 is 432. The van der Waals surface area contributed by atoms with Gasteiger partial charge < -0.3 is 0 Å². The summed E-state index contributed by atoms with van der Waals surface area (Å²) in [5.41, 5.74) is 0. The highest BCUT2D eigenvalue weighted by Crippen LogP contribution is 2.42. The average molecular weight is 1040 g/mol. The minimum atomic E-state index is -10.2. The third-order valence-corrected chi connectivity index (χ3v) is 16.9. The van der Waals surface area contributed by atoms with Crippen LogP contribution in [0.25, 0.3) is 43.1 Å². The molecule has 29 heteroatoms. The predicted octanol–water partition coefficient (Wildman–Crippen LogP) is 11.6. The van der Waals surface area contributed by atoms with Crippen molar-refractivity contribution in [3.05, 3.63) is 163 Å². The molecular weight excluding hydrogens is 1040 g/mol. The van der Waals surface area contributed by atoms with Crippen LogP contribution in [0.2, 0.25) is 0 Å². The van der Waals surface area contributed by atoms with Gasteiger partial charge in [0, 0.05) is 0 Å². The van der Waals surface area contributed by atoms with Gasteiger partial charge in [-0.1, -0.05) is 0 Å². The second kappa shape index (κ2) is 15.7. The topological polar surface area (TPSA) is 0 Å². The summed E-state index contributed by atoms with van der Waals surface area (Å²) in [5.74, 6) is -104. The maximum Gasteiger partial charge on any atom is 0.286 e. The van der Waals surface area contributed by atoms with Crippen LogP contribution in [0.4, 0.5) is 123 Å². The predicted molar refractivity (Wildman–Crippen MR) is 179 cm³/mol. The Kier molecular flexibility index (Phi) is 11.1. The molecular formula is C40AlF28-. The van der Waals surface area contributed by atoms with Crippen molar-refractivity contribution in [2.75, 3.05) is 0 Å². The Morgan fingerprint density at radius 1 is 0.116 bits per heavy atom. The highest BCUT2D eigenvalue weighted by Gasteiger charge is 2.54. The van der Waals surface area contributed by atoms with Gasteiger partial charge in [-0.3, -0.25) is 0 Å². The minimum absolute atomic E-state index is 3.24. The van der Waals surface area contributed by atoms with Gasteiger partial charge in [0.1, 0.15) is 23.3 Å². The van der Waals surface area contributed by atoms with Gasteiger partial charge >= 0.3 is 0 Å². The van der Waals surface area contributed by atoms with E-state index in [-0.39, 0.29) is 0 Å². The molecule has 360 valence electrons. The molecule has 0 heterocycles. The first-order valence-corrected chi connectivity index (χ1v) is 19.8. The van der Waals surface area contributed by atoms with Gasteiger partial charge in [0.25, 0.3) is 13.1 Å². The fraction of sp³-hybridized carbons (Fsp3) is 0. The van der Waals surface area contributed by atoms with E-state index in [2.05, 4.69) is 0 Å². The SMILES string of the molecule is Fc1c(F)c(F)c2[c]([Al-]([c]3c(F)c(F)c(F)c4c(F)c(F)c(F)c(F)c34)([c]3c(F)c(F)c(F)c4c(F)c(F)c(F)c(F)c34)[c]3c(F)c(F)c(F)c4c(F)c(F)c(F)c(F)c34)c(F)c(F)c(F)c2c1F. The number of benzene rings is 8. The Balaban J connectivity index is 2.06. The van der Waals surface area contributed by atoms with Crippen molar-refractivity contribution in [3.8, 4) is 0 Å². The fourth-order valence-corrected chi connectivity index (χ4v) is 15.2. The zero-order valence-corrected chi connectivity index (χ0v) is 32.3. The molecule has 0 saturated carbocycles. The summed E-state index contributed by atoms with van der Waals surface area (Å²) in [6.07, 6.45) is 0. The van der Waals surface area contributed by atoms with Crippen LogP contribution in [0.5, 0.6) is 0 Å². The quantitative estimate of drug-likeness (QED) is 0.0713. The highest BCUT2D eigenvalue weighted by molar-refractivity contribution is 7.23. The van der Waals surface area contributed by atoms with Gasteiger partial charge in [0.2, 0.25) is 0 Å². The van der Waals surface area contributed by atoms with Crippen molar-refractivity contribution in [3.63, 3.8) is 0 Å². The molecule has 0 N–H and O–H groups in total. The lowest BCUT2D eigenvalue weighted by Crippen LogP contribution is -2.79. The maximum absolute atomic E-state index is 17.3. The molecule has 8 aromatic rings. The van der Waals surface area contributed by atoms with Crippen molar-refractivity contribution < 1.29 is 123 Å². The molecule has 0 saturated heterocycles. The third-order valence-electron chi connectivity index (χ3n) is 11.2. The number of rotatable bonds is 4. The molecule has 0 aromatic heterocycles. The Labute approximate surface area is 359 Å². The molecule has 0 unspecified atom stereocenters. The smallest absolute Gasteiger partial charge is 0.208 e. The standard InChI is InChI=1S/4C10F7.Al/c4*11-3-1-2-4(7(14)6(3)13)8(15)10(17)9(16)5(2)12;/q;;;;-1. The van der Waals surface area contributed by atoms with Crippen LogP contribution >= 0.6 is 0 Å². The van der Waals surface area contributed by atoms with E-state index in [1.54, 1.807) is 0 Å². The molecule has 8 rings (SSSR count). The molecule has 0 atom stereocenters. The summed E-state index contributed by atoms with van der Waals surface area (Å²) in [4.78, 5) is 0. The van der Waals surface area contributed by atoms with Crippen LogP contribution in [-0.2, 0) is 0 Å². The van der Waals surface area contributed by atoms with E-state index in [0.717, 1.165) is 0 Å². The molecule has 0 fully saturated rings. The lowest BCUT2D eigenvalue weighted by atomic mass is 10.1. The summed E-state index contributed by atoms with van der Waals surface area (Å²) >= 11 is -10.2. The van der Waals surface area contributed by atoms with Crippen LogP contribution in [0.3, 0.4) is 0 Å². The molecule has 69 heavy (non-hydrogen) atoms. The van der Waals surface area contributed by atoms with Gasteiger partial charge in [-0.2, -0.15) is 17.7 Å². The number of halogens is 28. The Morgan fingerprint density at radius 2 is 0.217 bits per heavy atom. The van der Waals surface area contributed by atoms with Gasteiger partial charge in [-0.25, -0.2) is 123 Å². The molecule has 0 aliphatic carbocycles. The number of fused-ring (bicyclic) bond motifs is 4. The molecule has 0 bridgehead atoms. The monoisotopic (exact) mass is 1040 g/mol. The van der Waals surface area contributed by atoms with Crippen molar-refractivity contribution in [2.24, 2.45) is 0 Å². The van der Waals surface area contributed by atoms with Crippen LogP contribution in [0.15, 0.2) is 0 Å². The lowest BCUT2D eigenvalue weighted by molar-refractivity contribution is 0.410. The minimum Gasteiger partial charge on any atom is -0.208 e. The van der Waals surface area contributed by atoms with Crippen LogP contribution < -0.4 is 17.7 Å². The van der Waals surface area contributed by atoms with E-state index in [1.807, 2.05) is 0 Å². The second-order valence-electron chi connectivity index (χ2n) is 14.3. The molecule has 0 nitrogen and oxygen atoms in total. The van der Waals surface area contributed by atoms with E-state index in [1.165, 1.54) is 0 Å². The van der Waals surface area contributed by atoms with Gasteiger partial charge in [-0.15, -0.1) is 0 Å². The van der Waals surface area contributed by atoms with Crippen LogP contribution in [0, 0.1) is 163 Å². The number of hydrogen-bond acceptors (Lipinski definition) is 0. The van der Waals surface area contributed by atoms with Crippen LogP contribution in [0.1, 0.15) is 0 Å². The van der Waals surface area contributed by atoms with Gasteiger partial charge in [0.15, 0.2) is 140 Å². The Bertz CT molecular complexity index is 3250. The van der Waals surface area contributed by atoms with E-state index < -0.39 is 237 Å².